The summed E-state index contributed by atoms with van der Waals surface area (Å²) in [5, 5.41) is 2.54. The number of nitrogens with two attached hydrogens (primary N) is 1. The van der Waals surface area contributed by atoms with Gasteiger partial charge >= 0.3 is 0 Å². The van der Waals surface area contributed by atoms with Crippen LogP contribution >= 0.6 is 0 Å². The standard InChI is InChI=1S/C9H17N3O3/c1-2-3-4-6(10)8(13)11-7-5-15-12-9(7)14/h6-7H,2-5,10H2,1H3,(H,11,13)(H,12,14)/t6?,7-/m1/s1. The molecule has 0 radical (unpaired) electrons. The molecule has 1 rings (SSSR count). The first-order chi connectivity index (χ1) is 7.15. The maximum Gasteiger partial charge on any atom is 0.268 e. The Morgan fingerprint density at radius 1 is 1.80 bits per heavy atom. The molecule has 0 aromatic rings. The predicted octanol–water partition coefficient (Wildman–Crippen LogP) is -0.950. The van der Waals surface area contributed by atoms with Crippen LogP contribution in [0.5, 0.6) is 0 Å². The average Bonchev–Trinajstić information content (AvgIpc) is 2.61. The molecule has 86 valence electrons. The van der Waals surface area contributed by atoms with Gasteiger partial charge in [-0.2, -0.15) is 0 Å². The third-order valence-corrected chi connectivity index (χ3v) is 2.26. The molecule has 0 saturated carbocycles. The summed E-state index contributed by atoms with van der Waals surface area (Å²) in [5.41, 5.74) is 7.80. The molecule has 6 heteroatoms. The lowest BCUT2D eigenvalue weighted by Crippen LogP contribution is -2.48. The summed E-state index contributed by atoms with van der Waals surface area (Å²) in [6.45, 7) is 2.19. The van der Waals surface area contributed by atoms with Crippen LogP contribution in [0.3, 0.4) is 0 Å². The van der Waals surface area contributed by atoms with Crippen molar-refractivity contribution in [3.8, 4) is 0 Å². The zero-order valence-corrected chi connectivity index (χ0v) is 8.79. The number of carbonyl (C=O) groups excluding carboxylic acids is 2. The number of hydrogen-bond donors (Lipinski definition) is 3. The van der Waals surface area contributed by atoms with Crippen molar-refractivity contribution in [3.05, 3.63) is 0 Å². The lowest BCUT2D eigenvalue weighted by atomic mass is 10.1. The van der Waals surface area contributed by atoms with Crippen LogP contribution in [0.2, 0.25) is 0 Å². The minimum Gasteiger partial charge on any atom is -0.341 e. The summed E-state index contributed by atoms with van der Waals surface area (Å²) < 4.78 is 0. The number of rotatable bonds is 5. The summed E-state index contributed by atoms with van der Waals surface area (Å²) in [6.07, 6.45) is 2.54. The van der Waals surface area contributed by atoms with E-state index in [1.807, 2.05) is 6.92 Å². The summed E-state index contributed by atoms with van der Waals surface area (Å²) in [7, 11) is 0. The van der Waals surface area contributed by atoms with Crippen molar-refractivity contribution in [2.24, 2.45) is 5.73 Å². The molecule has 2 atom stereocenters. The number of amides is 2. The van der Waals surface area contributed by atoms with Gasteiger partial charge in [0.2, 0.25) is 5.91 Å². The van der Waals surface area contributed by atoms with Gasteiger partial charge < -0.3 is 11.1 Å². The van der Waals surface area contributed by atoms with Gasteiger partial charge in [-0.25, -0.2) is 5.48 Å². The van der Waals surface area contributed by atoms with E-state index in [1.54, 1.807) is 0 Å². The molecule has 1 saturated heterocycles. The Labute approximate surface area is 88.5 Å². The van der Waals surface area contributed by atoms with E-state index in [9.17, 15) is 9.59 Å². The van der Waals surface area contributed by atoms with E-state index in [-0.39, 0.29) is 18.4 Å². The van der Waals surface area contributed by atoms with Crippen molar-refractivity contribution in [2.45, 2.75) is 38.3 Å². The van der Waals surface area contributed by atoms with Crippen molar-refractivity contribution < 1.29 is 14.4 Å². The molecule has 1 aliphatic rings. The zero-order valence-electron chi connectivity index (χ0n) is 8.79. The normalized spacial score (nSPS) is 22.3. The highest BCUT2D eigenvalue weighted by atomic mass is 16.7. The molecular weight excluding hydrogens is 198 g/mol. The summed E-state index contributed by atoms with van der Waals surface area (Å²) in [4.78, 5) is 27.2. The van der Waals surface area contributed by atoms with Crippen LogP contribution in [0, 0.1) is 0 Å². The molecule has 15 heavy (non-hydrogen) atoms. The van der Waals surface area contributed by atoms with Gasteiger partial charge in [-0.3, -0.25) is 14.4 Å². The SMILES string of the molecule is CCCCC(N)C(=O)N[C@@H]1CONC1=O. The molecule has 1 aliphatic heterocycles. The highest BCUT2D eigenvalue weighted by Gasteiger charge is 2.28. The highest BCUT2D eigenvalue weighted by molar-refractivity contribution is 5.90. The minimum atomic E-state index is -0.606. The largest absolute Gasteiger partial charge is 0.341 e. The average molecular weight is 215 g/mol. The van der Waals surface area contributed by atoms with Crippen molar-refractivity contribution in [1.82, 2.24) is 10.8 Å². The fraction of sp³-hybridized carbons (Fsp3) is 0.778. The van der Waals surface area contributed by atoms with Crippen LogP contribution in [0.1, 0.15) is 26.2 Å². The third-order valence-electron chi connectivity index (χ3n) is 2.26. The van der Waals surface area contributed by atoms with E-state index in [4.69, 9.17) is 5.73 Å². The van der Waals surface area contributed by atoms with Crippen LogP contribution in [0.4, 0.5) is 0 Å². The second-order valence-corrected chi connectivity index (χ2v) is 3.59. The van der Waals surface area contributed by atoms with Gasteiger partial charge in [0.05, 0.1) is 6.04 Å². The fourth-order valence-corrected chi connectivity index (χ4v) is 1.28. The van der Waals surface area contributed by atoms with Gasteiger partial charge in [0.25, 0.3) is 5.91 Å². The first-order valence-corrected chi connectivity index (χ1v) is 5.12. The maximum atomic E-state index is 11.5. The Kier molecular flexibility index (Phi) is 4.51. The fourth-order valence-electron chi connectivity index (χ4n) is 1.28. The molecule has 2 amide bonds. The molecule has 0 aliphatic carbocycles. The molecule has 0 bridgehead atoms. The molecule has 4 N–H and O–H groups in total. The third kappa shape index (κ3) is 3.49. The summed E-state index contributed by atoms with van der Waals surface area (Å²) >= 11 is 0. The van der Waals surface area contributed by atoms with Crippen molar-refractivity contribution in [1.29, 1.82) is 0 Å². The Balaban J connectivity index is 2.31. The van der Waals surface area contributed by atoms with E-state index in [0.717, 1.165) is 12.8 Å². The van der Waals surface area contributed by atoms with Crippen LogP contribution in [-0.2, 0) is 14.4 Å². The molecule has 0 aromatic heterocycles. The molecule has 1 heterocycles. The monoisotopic (exact) mass is 215 g/mol. The topological polar surface area (TPSA) is 93.5 Å². The van der Waals surface area contributed by atoms with Crippen molar-refractivity contribution >= 4 is 11.8 Å². The van der Waals surface area contributed by atoms with Crippen LogP contribution in [-0.4, -0.2) is 30.5 Å². The Bertz CT molecular complexity index is 245. The first-order valence-electron chi connectivity index (χ1n) is 5.12. The second-order valence-electron chi connectivity index (χ2n) is 3.59. The number of nitrogens with one attached hydrogen (secondary N) is 2. The Hall–Kier alpha value is -1.14. The quantitative estimate of drug-likeness (QED) is 0.551. The van der Waals surface area contributed by atoms with Gasteiger partial charge in [-0.05, 0) is 6.42 Å². The van der Waals surface area contributed by atoms with E-state index in [1.165, 1.54) is 0 Å². The molecule has 1 fully saturated rings. The van der Waals surface area contributed by atoms with Crippen LogP contribution < -0.4 is 16.5 Å². The minimum absolute atomic E-state index is 0.158. The van der Waals surface area contributed by atoms with Gasteiger partial charge in [-0.15, -0.1) is 0 Å². The zero-order chi connectivity index (χ0) is 11.3. The van der Waals surface area contributed by atoms with E-state index < -0.39 is 12.1 Å². The van der Waals surface area contributed by atoms with Gasteiger partial charge in [0, 0.05) is 0 Å². The Morgan fingerprint density at radius 2 is 2.53 bits per heavy atom. The van der Waals surface area contributed by atoms with Crippen molar-refractivity contribution in [2.75, 3.05) is 6.61 Å². The van der Waals surface area contributed by atoms with Gasteiger partial charge in [-0.1, -0.05) is 19.8 Å². The molecule has 0 aromatic carbocycles. The lowest BCUT2D eigenvalue weighted by molar-refractivity contribution is -0.129. The van der Waals surface area contributed by atoms with E-state index in [0.29, 0.717) is 6.42 Å². The maximum absolute atomic E-state index is 11.5. The Morgan fingerprint density at radius 3 is 3.07 bits per heavy atom. The van der Waals surface area contributed by atoms with Crippen LogP contribution in [0.25, 0.3) is 0 Å². The summed E-state index contributed by atoms with van der Waals surface area (Å²) in [6, 6.07) is -1.15. The molecule has 0 spiro atoms. The number of hydrogen-bond acceptors (Lipinski definition) is 4. The first kappa shape index (κ1) is 11.9. The lowest BCUT2D eigenvalue weighted by Gasteiger charge is -2.13. The molecular formula is C9H17N3O3. The predicted molar refractivity (Wildman–Crippen MR) is 53.5 cm³/mol. The number of hydroxylamine groups is 1. The van der Waals surface area contributed by atoms with Gasteiger partial charge in [0.1, 0.15) is 12.6 Å². The van der Waals surface area contributed by atoms with Crippen molar-refractivity contribution in [3.63, 3.8) is 0 Å². The molecule has 6 nitrogen and oxygen atoms in total. The number of carbonyl (C=O) groups is 2. The van der Waals surface area contributed by atoms with E-state index in [2.05, 4.69) is 15.6 Å². The smallest absolute Gasteiger partial charge is 0.268 e. The number of unbranched alkanes of at least 4 members (excludes halogenated alkanes) is 1. The molecule has 1 unspecified atom stereocenters. The highest BCUT2D eigenvalue weighted by Crippen LogP contribution is 2.00. The van der Waals surface area contributed by atoms with E-state index >= 15 is 0 Å². The van der Waals surface area contributed by atoms with Gasteiger partial charge in [0.15, 0.2) is 0 Å². The second kappa shape index (κ2) is 5.67. The summed E-state index contributed by atoms with van der Waals surface area (Å²) in [5.74, 6) is -0.625. The van der Waals surface area contributed by atoms with Crippen LogP contribution in [0.15, 0.2) is 0 Å².